The molecule has 0 amide bonds. The first-order valence-corrected chi connectivity index (χ1v) is 9.61. The van der Waals surface area contributed by atoms with Crippen LogP contribution in [0.15, 0.2) is 82.0 Å². The molecule has 0 unspecified atom stereocenters. The highest BCUT2D eigenvalue weighted by Gasteiger charge is 2.17. The lowest BCUT2D eigenvalue weighted by atomic mass is 10.0. The zero-order valence-corrected chi connectivity index (χ0v) is 16.4. The molecule has 140 valence electrons. The minimum Gasteiger partial charge on any atom is -0.403 e. The molecular formula is C23H12Cl2N2O2. The van der Waals surface area contributed by atoms with Gasteiger partial charge >= 0.3 is 5.63 Å². The average Bonchev–Trinajstić information content (AvgIpc) is 2.74. The van der Waals surface area contributed by atoms with Gasteiger partial charge in [0.1, 0.15) is 5.52 Å². The molecule has 0 bridgehead atoms. The average molecular weight is 419 g/mol. The summed E-state index contributed by atoms with van der Waals surface area (Å²) >= 11 is 12.0. The first-order chi connectivity index (χ1) is 14.1. The summed E-state index contributed by atoms with van der Waals surface area (Å²) in [6, 6.07) is 21.7. The van der Waals surface area contributed by atoms with Crippen LogP contribution in [-0.2, 0) is 0 Å². The van der Waals surface area contributed by atoms with Crippen molar-refractivity contribution in [2.45, 2.75) is 0 Å². The largest absolute Gasteiger partial charge is 0.403 e. The molecule has 0 radical (unpaired) electrons. The van der Waals surface area contributed by atoms with Crippen molar-refractivity contribution in [3.05, 3.63) is 93.3 Å². The van der Waals surface area contributed by atoms with Gasteiger partial charge in [0, 0.05) is 26.6 Å². The summed E-state index contributed by atoms with van der Waals surface area (Å²) in [5, 5.41) is 2.31. The predicted molar refractivity (Wildman–Crippen MR) is 116 cm³/mol. The van der Waals surface area contributed by atoms with Crippen LogP contribution in [0.3, 0.4) is 0 Å². The molecule has 29 heavy (non-hydrogen) atoms. The van der Waals surface area contributed by atoms with Gasteiger partial charge in [0.2, 0.25) is 5.89 Å². The van der Waals surface area contributed by atoms with Crippen molar-refractivity contribution in [2.24, 2.45) is 0 Å². The Morgan fingerprint density at radius 2 is 1.34 bits per heavy atom. The Kier molecular flexibility index (Phi) is 4.31. The number of rotatable bonds is 2. The van der Waals surface area contributed by atoms with Crippen molar-refractivity contribution in [1.82, 2.24) is 9.97 Å². The van der Waals surface area contributed by atoms with Crippen LogP contribution in [0, 0.1) is 0 Å². The zero-order valence-electron chi connectivity index (χ0n) is 14.9. The highest BCUT2D eigenvalue weighted by Crippen LogP contribution is 2.31. The lowest BCUT2D eigenvalue weighted by Gasteiger charge is -2.10. The molecule has 0 fully saturated rings. The summed E-state index contributed by atoms with van der Waals surface area (Å²) in [5.74, 6) is 0.214. The number of nitrogens with zero attached hydrogens (tertiary/aromatic N) is 2. The van der Waals surface area contributed by atoms with Gasteiger partial charge in [-0.3, -0.25) is 0 Å². The smallest absolute Gasteiger partial charge is 0.347 e. The summed E-state index contributed by atoms with van der Waals surface area (Å²) in [7, 11) is 0. The molecule has 0 aliphatic rings. The molecular weight excluding hydrogens is 407 g/mol. The molecule has 0 aliphatic carbocycles. The fourth-order valence-electron chi connectivity index (χ4n) is 3.31. The van der Waals surface area contributed by atoms with Crippen LogP contribution in [0.25, 0.3) is 44.5 Å². The number of hydrogen-bond donors (Lipinski definition) is 0. The molecule has 3 aromatic carbocycles. The Hall–Kier alpha value is -3.21. The topological polar surface area (TPSA) is 56.0 Å². The maximum Gasteiger partial charge on any atom is 0.347 e. The number of pyridine rings is 1. The molecule has 5 rings (SSSR count). The van der Waals surface area contributed by atoms with Gasteiger partial charge in [0.15, 0.2) is 0 Å². The summed E-state index contributed by atoms with van der Waals surface area (Å²) in [4.78, 5) is 22.5. The fraction of sp³-hybridized carbons (Fsp3) is 0. The van der Waals surface area contributed by atoms with E-state index < -0.39 is 5.63 Å². The number of para-hydroxylation sites is 1. The van der Waals surface area contributed by atoms with E-state index in [0.29, 0.717) is 43.1 Å². The van der Waals surface area contributed by atoms with Gasteiger partial charge in [-0.1, -0.05) is 53.5 Å². The molecule has 5 aromatic rings. The molecule has 6 heteroatoms. The second-order valence-corrected chi connectivity index (χ2v) is 7.39. The Morgan fingerprint density at radius 3 is 2.03 bits per heavy atom. The number of halogens is 2. The van der Waals surface area contributed by atoms with E-state index in [1.165, 1.54) is 0 Å². The molecule has 0 saturated heterocycles. The van der Waals surface area contributed by atoms with Crippen LogP contribution in [0.4, 0.5) is 0 Å². The van der Waals surface area contributed by atoms with Crippen molar-refractivity contribution in [3.8, 4) is 22.7 Å². The van der Waals surface area contributed by atoms with Crippen molar-refractivity contribution in [3.63, 3.8) is 0 Å². The van der Waals surface area contributed by atoms with Crippen LogP contribution < -0.4 is 5.63 Å². The highest BCUT2D eigenvalue weighted by molar-refractivity contribution is 6.31. The molecule has 0 spiro atoms. The molecule has 0 atom stereocenters. The zero-order chi connectivity index (χ0) is 20.0. The molecule has 2 aromatic heterocycles. The van der Waals surface area contributed by atoms with E-state index in [-0.39, 0.29) is 5.89 Å². The molecule has 0 aliphatic heterocycles. The lowest BCUT2D eigenvalue weighted by Crippen LogP contribution is -2.06. The quantitative estimate of drug-likeness (QED) is 0.312. The molecule has 0 saturated carbocycles. The minimum atomic E-state index is -0.464. The monoisotopic (exact) mass is 418 g/mol. The summed E-state index contributed by atoms with van der Waals surface area (Å²) in [5.41, 5.74) is 2.77. The maximum atomic E-state index is 13.0. The predicted octanol–water partition coefficient (Wildman–Crippen LogP) is 6.38. The van der Waals surface area contributed by atoms with Gasteiger partial charge in [-0.15, -0.1) is 0 Å². The van der Waals surface area contributed by atoms with E-state index in [1.54, 1.807) is 36.4 Å². The van der Waals surface area contributed by atoms with Crippen molar-refractivity contribution in [2.75, 3.05) is 0 Å². The van der Waals surface area contributed by atoms with Gasteiger partial charge in [-0.25, -0.2) is 14.8 Å². The Bertz CT molecular complexity index is 1430. The molecule has 0 N–H and O–H groups in total. The van der Waals surface area contributed by atoms with Gasteiger partial charge in [-0.2, -0.15) is 0 Å². The van der Waals surface area contributed by atoms with Gasteiger partial charge < -0.3 is 4.42 Å². The third-order valence-corrected chi connectivity index (χ3v) is 5.19. The van der Waals surface area contributed by atoms with Crippen LogP contribution in [0.5, 0.6) is 0 Å². The second-order valence-electron chi connectivity index (χ2n) is 6.52. The van der Waals surface area contributed by atoms with Crippen LogP contribution in [-0.4, -0.2) is 9.97 Å². The van der Waals surface area contributed by atoms with Crippen LogP contribution in [0.1, 0.15) is 0 Å². The summed E-state index contributed by atoms with van der Waals surface area (Å²) in [6.45, 7) is 0. The third-order valence-electron chi connectivity index (χ3n) is 4.68. The first-order valence-electron chi connectivity index (χ1n) is 8.85. The van der Waals surface area contributed by atoms with E-state index >= 15 is 0 Å². The second kappa shape index (κ2) is 6.99. The molecule has 4 nitrogen and oxygen atoms in total. The van der Waals surface area contributed by atoms with Crippen LogP contribution >= 0.6 is 23.2 Å². The number of fused-ring (bicyclic) bond motifs is 3. The van der Waals surface area contributed by atoms with Crippen molar-refractivity contribution in [1.29, 1.82) is 0 Å². The Morgan fingerprint density at radius 1 is 0.724 bits per heavy atom. The minimum absolute atomic E-state index is 0.214. The van der Waals surface area contributed by atoms with E-state index in [0.717, 1.165) is 5.56 Å². The molecule has 2 heterocycles. The Labute approximate surface area is 175 Å². The first kappa shape index (κ1) is 17.9. The van der Waals surface area contributed by atoms with E-state index in [2.05, 4.69) is 4.98 Å². The third kappa shape index (κ3) is 3.16. The summed E-state index contributed by atoms with van der Waals surface area (Å²) in [6.07, 6.45) is 0. The Balaban J connectivity index is 1.89. The van der Waals surface area contributed by atoms with E-state index in [1.807, 2.05) is 36.4 Å². The lowest BCUT2D eigenvalue weighted by molar-refractivity contribution is 0.519. The van der Waals surface area contributed by atoms with Gasteiger partial charge in [-0.05, 0) is 42.5 Å². The normalized spacial score (nSPS) is 11.2. The number of benzene rings is 3. The van der Waals surface area contributed by atoms with E-state index in [9.17, 15) is 4.79 Å². The van der Waals surface area contributed by atoms with E-state index in [4.69, 9.17) is 32.6 Å². The van der Waals surface area contributed by atoms with Crippen molar-refractivity contribution >= 4 is 45.0 Å². The fourth-order valence-corrected chi connectivity index (χ4v) is 3.56. The van der Waals surface area contributed by atoms with Crippen LogP contribution in [0.2, 0.25) is 10.0 Å². The van der Waals surface area contributed by atoms with Gasteiger partial charge in [0.25, 0.3) is 0 Å². The number of aromatic nitrogens is 2. The SMILES string of the molecule is O=c1oc(-c2ccc(Cl)cc2)nc2c(-c3ccc(Cl)cc3)nc3ccccc3c12. The summed E-state index contributed by atoms with van der Waals surface area (Å²) < 4.78 is 5.58. The number of hydrogen-bond acceptors (Lipinski definition) is 4. The van der Waals surface area contributed by atoms with Crippen molar-refractivity contribution < 1.29 is 4.42 Å². The standard InChI is InChI=1S/C23H12Cl2N2O2/c24-15-9-5-13(6-10-15)20-21-19(17-3-1-2-4-18(17)26-20)23(28)29-22(27-21)14-7-11-16(25)12-8-14/h1-12H. The highest BCUT2D eigenvalue weighted by atomic mass is 35.5. The maximum absolute atomic E-state index is 13.0. The van der Waals surface area contributed by atoms with Gasteiger partial charge in [0.05, 0.1) is 16.6 Å².